The Labute approximate surface area is 384 Å². The number of halogens is 12. The normalized spacial score (nSPS) is 9.33. The predicted octanol–water partition coefficient (Wildman–Crippen LogP) is 15.4. The van der Waals surface area contributed by atoms with Gasteiger partial charge in [-0.05, 0) is 24.3 Å². The summed E-state index contributed by atoms with van der Waals surface area (Å²) in [6, 6.07) is 63.3. The molecule has 0 aliphatic heterocycles. The van der Waals surface area contributed by atoms with Crippen molar-refractivity contribution in [1.82, 2.24) is 0 Å². The molecule has 0 atom stereocenters. The van der Waals surface area contributed by atoms with Crippen molar-refractivity contribution in [2.24, 2.45) is 0 Å². The molecule has 0 saturated heterocycles. The first-order valence-corrected chi connectivity index (χ1v) is 27.6. The zero-order valence-electron chi connectivity index (χ0n) is 31.2. The Morgan fingerprint density at radius 2 is 0.417 bits per heavy atom. The van der Waals surface area contributed by atoms with Crippen LogP contribution >= 0.6 is 35.4 Å². The van der Waals surface area contributed by atoms with Crippen molar-refractivity contribution in [1.29, 1.82) is 0 Å². The minimum Gasteiger partial charge on any atom is -0.152 e. The first-order chi connectivity index (χ1) is 27.6. The van der Waals surface area contributed by atoms with Gasteiger partial charge in [0, 0.05) is 50.1 Å². The van der Waals surface area contributed by atoms with Crippen LogP contribution in [0.25, 0.3) is 0 Å². The van der Waals surface area contributed by atoms with Gasteiger partial charge in [-0.25, -0.2) is 0 Å². The van der Waals surface area contributed by atoms with E-state index in [1.165, 1.54) is 17.4 Å². The second-order valence-corrected chi connectivity index (χ2v) is 20.8. The summed E-state index contributed by atoms with van der Waals surface area (Å²) >= 11 is -1.98. The van der Waals surface area contributed by atoms with Gasteiger partial charge in [0.1, 0.15) is 0 Å². The molecular formula is C40H36As2F12P4Rh2. The summed E-state index contributed by atoms with van der Waals surface area (Å²) in [4.78, 5) is 0. The van der Waals surface area contributed by atoms with E-state index in [1.807, 2.05) is 60.7 Å². The third kappa shape index (κ3) is 37.9. The second kappa shape index (κ2) is 41.2. The zero-order chi connectivity index (χ0) is 43.6. The summed E-state index contributed by atoms with van der Waals surface area (Å²) in [5.74, 6) is 6.22. The fourth-order valence-corrected chi connectivity index (χ4v) is 10.5. The molecule has 0 unspecified atom stereocenters. The maximum atomic E-state index is 9.73. The Bertz CT molecular complexity index is 1640. The Morgan fingerprint density at radius 1 is 0.283 bits per heavy atom. The van der Waals surface area contributed by atoms with Crippen LogP contribution in [0.5, 0.6) is 0 Å². The number of rotatable bonds is 4. The Hall–Kier alpha value is -1.88. The van der Waals surface area contributed by atoms with Crippen molar-refractivity contribution >= 4 is 82.1 Å². The maximum Gasteiger partial charge on any atom is 0.456 e. The van der Waals surface area contributed by atoms with Gasteiger partial charge in [-0.2, -0.15) is 50.4 Å². The van der Waals surface area contributed by atoms with E-state index in [1.54, 1.807) is 0 Å². The Morgan fingerprint density at radius 3 is 0.567 bits per heavy atom. The zero-order valence-corrected chi connectivity index (χ0v) is 41.8. The van der Waals surface area contributed by atoms with Crippen LogP contribution in [0.15, 0.2) is 182 Å². The van der Waals surface area contributed by atoms with E-state index in [2.05, 4.69) is 145 Å². The third-order valence-corrected chi connectivity index (χ3v) is 15.5. The summed E-state index contributed by atoms with van der Waals surface area (Å²) in [5.41, 5.74) is 6.88. The molecule has 20 heteroatoms. The molecule has 6 aromatic carbocycles. The first-order valence-electron chi connectivity index (χ1n) is 16.0. The Balaban J connectivity index is -0.000000680. The van der Waals surface area contributed by atoms with Crippen molar-refractivity contribution in [3.8, 4) is 11.8 Å². The van der Waals surface area contributed by atoms with E-state index < -0.39 is 64.7 Å². The molecular weight excluding hydrogens is 1190 g/mol. The summed E-state index contributed by atoms with van der Waals surface area (Å²) in [6.07, 6.45) is 0. The molecule has 0 spiro atoms. The molecule has 6 rings (SSSR count). The van der Waals surface area contributed by atoms with Crippen LogP contribution in [0.1, 0.15) is 11.1 Å². The largest absolute Gasteiger partial charge is 0.456 e. The molecule has 0 saturated carbocycles. The van der Waals surface area contributed by atoms with Crippen LogP contribution in [-0.2, 0) is 39.0 Å². The third-order valence-electron chi connectivity index (χ3n) is 6.47. The molecule has 0 bridgehead atoms. The second-order valence-electron chi connectivity index (χ2n) is 10.2. The molecule has 2 radical (unpaired) electrons. The first kappa shape index (κ1) is 62.4. The molecule has 0 aliphatic rings. The standard InChI is InChI=1S/C14H10.2C13H13As.4F3P.2Rh/c1-3-7-13(8-4-1)11-12-14-9-5-2-6-10-14;2*1-14(12-8-4-2-5-9-12)13-10-6-3-7-11-13;4*1-4(2)3;;/h1-10H;2*2-11H,1H3;;;;;;. The topological polar surface area (TPSA) is 0 Å². The smallest absolute Gasteiger partial charge is 0.152 e. The average molecular weight is 1220 g/mol. The minimum atomic E-state index is -4.12. The number of benzene rings is 6. The molecule has 6 aromatic rings. The van der Waals surface area contributed by atoms with Crippen molar-refractivity contribution in [2.75, 3.05) is 0 Å². The van der Waals surface area contributed by atoms with Gasteiger partial charge >= 0.3 is 215 Å². The summed E-state index contributed by atoms with van der Waals surface area (Å²) in [6.45, 7) is 0. The summed E-state index contributed by atoms with van der Waals surface area (Å²) in [7, 11) is -16.5. The minimum absolute atomic E-state index is 0. The molecule has 328 valence electrons. The van der Waals surface area contributed by atoms with Crippen LogP contribution < -0.4 is 17.4 Å². The molecule has 0 amide bonds. The Kier molecular flexibility index (Phi) is 42.8. The molecule has 0 aromatic heterocycles. The van der Waals surface area contributed by atoms with E-state index in [4.69, 9.17) is 0 Å². The molecule has 0 fully saturated rings. The van der Waals surface area contributed by atoms with Gasteiger partial charge in [0.25, 0.3) is 0 Å². The molecule has 0 aliphatic carbocycles. The van der Waals surface area contributed by atoms with Crippen LogP contribution in [0, 0.1) is 11.8 Å². The van der Waals surface area contributed by atoms with Crippen LogP contribution in [-0.4, -0.2) is 29.3 Å². The van der Waals surface area contributed by atoms with Gasteiger partial charge in [-0.3, -0.25) is 0 Å². The van der Waals surface area contributed by atoms with E-state index in [0.717, 1.165) is 11.1 Å². The molecule has 0 heterocycles. The van der Waals surface area contributed by atoms with Crippen molar-refractivity contribution < 1.29 is 89.3 Å². The van der Waals surface area contributed by atoms with Crippen molar-refractivity contribution in [3.05, 3.63) is 193 Å². The van der Waals surface area contributed by atoms with Crippen LogP contribution in [0.4, 0.5) is 50.4 Å². The predicted molar refractivity (Wildman–Crippen MR) is 227 cm³/mol. The number of hydrogen-bond acceptors (Lipinski definition) is 0. The van der Waals surface area contributed by atoms with E-state index in [-0.39, 0.29) is 39.0 Å². The van der Waals surface area contributed by atoms with Crippen molar-refractivity contribution in [2.45, 2.75) is 11.4 Å². The van der Waals surface area contributed by atoms with E-state index >= 15 is 0 Å². The summed E-state index contributed by atoms with van der Waals surface area (Å²) < 4.78 is 123. The van der Waals surface area contributed by atoms with Crippen LogP contribution in [0.2, 0.25) is 11.4 Å². The fourth-order valence-electron chi connectivity index (χ4n) is 4.09. The van der Waals surface area contributed by atoms with Gasteiger partial charge in [0.2, 0.25) is 0 Å². The van der Waals surface area contributed by atoms with Gasteiger partial charge < -0.3 is 0 Å². The fraction of sp³-hybridized carbons (Fsp3) is 0.0500. The molecule has 60 heavy (non-hydrogen) atoms. The van der Waals surface area contributed by atoms with Gasteiger partial charge in [0.15, 0.2) is 0 Å². The van der Waals surface area contributed by atoms with Crippen molar-refractivity contribution in [3.63, 3.8) is 0 Å². The monoisotopic (exact) mass is 1220 g/mol. The molecule has 0 nitrogen and oxygen atoms in total. The summed E-state index contributed by atoms with van der Waals surface area (Å²) in [5, 5.41) is 0. The number of hydrogen-bond donors (Lipinski definition) is 0. The quantitative estimate of drug-likeness (QED) is 0.0714. The van der Waals surface area contributed by atoms with Crippen LogP contribution in [0.3, 0.4) is 0 Å². The maximum absolute atomic E-state index is 9.73. The van der Waals surface area contributed by atoms with Gasteiger partial charge in [0.05, 0.1) is 0 Å². The van der Waals surface area contributed by atoms with Gasteiger partial charge in [-0.15, -0.1) is 0 Å². The van der Waals surface area contributed by atoms with E-state index in [9.17, 15) is 50.4 Å². The van der Waals surface area contributed by atoms with Gasteiger partial charge in [-0.1, -0.05) is 48.2 Å². The van der Waals surface area contributed by atoms with E-state index in [0.29, 0.717) is 0 Å². The molecule has 0 N–H and O–H groups in total. The average Bonchev–Trinajstić information content (AvgIpc) is 3.21. The SMILES string of the molecule is C(#Cc1ccccc1)c1ccccc1.C[As](c1ccccc1)c1ccccc1.C[As](c1ccccc1)c1ccccc1.FP(F)F.FP(F)F.FP(F)F.FP(F)F.[Rh].[Rh].